The van der Waals surface area contributed by atoms with E-state index in [1.54, 1.807) is 0 Å². The summed E-state index contributed by atoms with van der Waals surface area (Å²) in [5.74, 6) is -1.78. The van der Waals surface area contributed by atoms with Crippen molar-refractivity contribution in [2.75, 3.05) is 25.0 Å². The first kappa shape index (κ1) is 19.9. The number of halogens is 3. The molecular formula is C14H17ClF2N2O5. The highest BCUT2D eigenvalue weighted by Gasteiger charge is 2.43. The van der Waals surface area contributed by atoms with Crippen molar-refractivity contribution in [3.05, 3.63) is 18.2 Å². The van der Waals surface area contributed by atoms with E-state index in [0.29, 0.717) is 13.0 Å². The van der Waals surface area contributed by atoms with Crippen LogP contribution in [0.2, 0.25) is 0 Å². The lowest BCUT2D eigenvalue weighted by Crippen LogP contribution is -2.37. The normalized spacial score (nSPS) is 14.2. The molecule has 1 aromatic carbocycles. The number of carbonyl (C=O) groups excluding carboxylic acids is 1. The maximum absolute atomic E-state index is 12.9. The van der Waals surface area contributed by atoms with Gasteiger partial charge in [0.2, 0.25) is 5.91 Å². The summed E-state index contributed by atoms with van der Waals surface area (Å²) < 4.78 is 34.4. The van der Waals surface area contributed by atoms with Crippen LogP contribution in [-0.4, -0.2) is 47.8 Å². The molecule has 2 rings (SSSR count). The molecule has 24 heavy (non-hydrogen) atoms. The van der Waals surface area contributed by atoms with Crippen LogP contribution in [0.15, 0.2) is 18.2 Å². The van der Waals surface area contributed by atoms with Crippen LogP contribution in [0.1, 0.15) is 13.3 Å². The molecule has 1 heterocycles. The van der Waals surface area contributed by atoms with E-state index in [4.69, 9.17) is 5.11 Å². The Balaban J connectivity index is 0.00000288. The van der Waals surface area contributed by atoms with Crippen molar-refractivity contribution in [2.45, 2.75) is 19.6 Å². The molecule has 0 aromatic heterocycles. The Morgan fingerprint density at radius 3 is 2.54 bits per heavy atom. The second-order valence-electron chi connectivity index (χ2n) is 4.98. The first-order valence-corrected chi connectivity index (χ1v) is 6.93. The monoisotopic (exact) mass is 366 g/mol. The number of nitrogens with zero attached hydrogens (tertiary/aromatic N) is 1. The number of alkyl halides is 2. The average molecular weight is 367 g/mol. The minimum absolute atomic E-state index is 0. The lowest BCUT2D eigenvalue weighted by molar-refractivity contribution is -0.286. The highest BCUT2D eigenvalue weighted by atomic mass is 35.5. The first-order chi connectivity index (χ1) is 10.8. The third kappa shape index (κ3) is 5.50. The van der Waals surface area contributed by atoms with E-state index in [0.717, 1.165) is 0 Å². The van der Waals surface area contributed by atoms with Gasteiger partial charge in [-0.3, -0.25) is 14.5 Å². The number of amides is 1. The fraction of sp³-hybridized carbons (Fsp3) is 0.429. The van der Waals surface area contributed by atoms with Gasteiger partial charge in [0.1, 0.15) is 0 Å². The van der Waals surface area contributed by atoms with Crippen molar-refractivity contribution in [2.24, 2.45) is 0 Å². The summed E-state index contributed by atoms with van der Waals surface area (Å²) in [4.78, 5) is 24.2. The second kappa shape index (κ2) is 8.11. The molecule has 0 saturated carbocycles. The molecule has 0 unspecified atom stereocenters. The van der Waals surface area contributed by atoms with E-state index in [1.807, 2.05) is 6.92 Å². The Kier molecular flexibility index (Phi) is 6.73. The van der Waals surface area contributed by atoms with Gasteiger partial charge >= 0.3 is 12.3 Å². The van der Waals surface area contributed by atoms with Gasteiger partial charge in [-0.1, -0.05) is 6.92 Å². The zero-order chi connectivity index (χ0) is 17.0. The Morgan fingerprint density at radius 2 is 1.92 bits per heavy atom. The molecule has 0 fully saturated rings. The van der Waals surface area contributed by atoms with Crippen LogP contribution < -0.4 is 14.8 Å². The number of ether oxygens (including phenoxy) is 2. The lowest BCUT2D eigenvalue weighted by atomic mass is 10.2. The molecule has 1 aliphatic rings. The molecule has 0 bridgehead atoms. The van der Waals surface area contributed by atoms with E-state index < -0.39 is 18.2 Å². The molecule has 1 aromatic rings. The number of benzene rings is 1. The quantitative estimate of drug-likeness (QED) is 0.769. The van der Waals surface area contributed by atoms with Crippen LogP contribution in [0.25, 0.3) is 0 Å². The van der Waals surface area contributed by atoms with Crippen LogP contribution in [0.3, 0.4) is 0 Å². The number of rotatable bonds is 7. The van der Waals surface area contributed by atoms with E-state index in [2.05, 4.69) is 14.8 Å². The third-order valence-electron chi connectivity index (χ3n) is 2.95. The van der Waals surface area contributed by atoms with Crippen LogP contribution >= 0.6 is 12.4 Å². The van der Waals surface area contributed by atoms with Crippen LogP contribution in [0, 0.1) is 0 Å². The van der Waals surface area contributed by atoms with Gasteiger partial charge in [0.25, 0.3) is 0 Å². The second-order valence-corrected chi connectivity index (χ2v) is 4.98. The number of carbonyl (C=O) groups is 2. The number of fused-ring (bicyclic) bond motifs is 1. The molecule has 0 spiro atoms. The molecule has 1 amide bonds. The molecule has 0 aliphatic carbocycles. The molecule has 1 aliphatic heterocycles. The molecule has 134 valence electrons. The molecule has 7 nitrogen and oxygen atoms in total. The van der Waals surface area contributed by atoms with Crippen LogP contribution in [-0.2, 0) is 9.59 Å². The number of aliphatic carboxylic acids is 1. The van der Waals surface area contributed by atoms with Crippen LogP contribution in [0.5, 0.6) is 11.5 Å². The summed E-state index contributed by atoms with van der Waals surface area (Å²) in [5, 5.41) is 11.3. The maximum Gasteiger partial charge on any atom is 0.586 e. The summed E-state index contributed by atoms with van der Waals surface area (Å²) in [6.07, 6.45) is -3.02. The van der Waals surface area contributed by atoms with Gasteiger partial charge < -0.3 is 19.9 Å². The van der Waals surface area contributed by atoms with Crippen molar-refractivity contribution in [1.82, 2.24) is 4.90 Å². The zero-order valence-corrected chi connectivity index (χ0v) is 13.6. The van der Waals surface area contributed by atoms with E-state index >= 15 is 0 Å². The minimum Gasteiger partial charge on any atom is -0.480 e. The minimum atomic E-state index is -3.72. The third-order valence-corrected chi connectivity index (χ3v) is 2.95. The number of hydrogen-bond donors (Lipinski definition) is 2. The van der Waals surface area contributed by atoms with Gasteiger partial charge in [0.05, 0.1) is 13.1 Å². The predicted octanol–water partition coefficient (Wildman–Crippen LogP) is 2.17. The van der Waals surface area contributed by atoms with Gasteiger partial charge in [-0.2, -0.15) is 0 Å². The zero-order valence-electron chi connectivity index (χ0n) is 12.8. The number of hydrogen-bond acceptors (Lipinski definition) is 5. The predicted molar refractivity (Wildman–Crippen MR) is 82.9 cm³/mol. The fourth-order valence-electron chi connectivity index (χ4n) is 2.15. The van der Waals surface area contributed by atoms with Crippen molar-refractivity contribution in [3.63, 3.8) is 0 Å². The van der Waals surface area contributed by atoms with Crippen molar-refractivity contribution < 1.29 is 33.0 Å². The summed E-state index contributed by atoms with van der Waals surface area (Å²) in [7, 11) is 0. The number of carboxylic acids is 1. The first-order valence-electron chi connectivity index (χ1n) is 6.93. The van der Waals surface area contributed by atoms with E-state index in [-0.39, 0.29) is 42.7 Å². The molecule has 2 N–H and O–H groups in total. The highest BCUT2D eigenvalue weighted by molar-refractivity contribution is 5.92. The van der Waals surface area contributed by atoms with Gasteiger partial charge in [-0.25, -0.2) is 0 Å². The van der Waals surface area contributed by atoms with E-state index in [1.165, 1.54) is 23.1 Å². The Hall–Kier alpha value is -2.13. The van der Waals surface area contributed by atoms with Crippen molar-refractivity contribution >= 4 is 30.0 Å². The van der Waals surface area contributed by atoms with Gasteiger partial charge in [0.15, 0.2) is 11.5 Å². The highest BCUT2D eigenvalue weighted by Crippen LogP contribution is 2.42. The Labute approximate surface area is 142 Å². The summed E-state index contributed by atoms with van der Waals surface area (Å²) in [6.45, 7) is 1.94. The van der Waals surface area contributed by atoms with Gasteiger partial charge in [0, 0.05) is 11.8 Å². The summed E-state index contributed by atoms with van der Waals surface area (Å²) in [6, 6.07) is 3.87. The SMILES string of the molecule is CCCN(CC(=O)O)CC(=O)Nc1ccc2c(c1)OC(F)(F)O2.Cl. The van der Waals surface area contributed by atoms with Crippen LogP contribution in [0.4, 0.5) is 14.5 Å². The molecule has 0 atom stereocenters. The maximum atomic E-state index is 12.9. The number of anilines is 1. The topological polar surface area (TPSA) is 88.1 Å². The average Bonchev–Trinajstić information content (AvgIpc) is 2.71. The largest absolute Gasteiger partial charge is 0.586 e. The van der Waals surface area contributed by atoms with Crippen molar-refractivity contribution in [1.29, 1.82) is 0 Å². The Morgan fingerprint density at radius 1 is 1.25 bits per heavy atom. The number of carboxylic acid groups (broad SMARTS) is 1. The number of nitrogens with one attached hydrogen (secondary N) is 1. The lowest BCUT2D eigenvalue weighted by Gasteiger charge is -2.18. The molecule has 10 heteroatoms. The van der Waals surface area contributed by atoms with E-state index in [9.17, 15) is 18.4 Å². The smallest absolute Gasteiger partial charge is 0.480 e. The fourth-order valence-corrected chi connectivity index (χ4v) is 2.15. The molecule has 0 saturated heterocycles. The van der Waals surface area contributed by atoms with Gasteiger partial charge in [-0.05, 0) is 25.1 Å². The molecular weight excluding hydrogens is 350 g/mol. The van der Waals surface area contributed by atoms with Crippen molar-refractivity contribution in [3.8, 4) is 11.5 Å². The summed E-state index contributed by atoms with van der Waals surface area (Å²) in [5.41, 5.74) is 0.252. The van der Waals surface area contributed by atoms with Gasteiger partial charge in [-0.15, -0.1) is 21.2 Å². The molecule has 0 radical (unpaired) electrons. The Bertz CT molecular complexity index is 615. The standard InChI is InChI=1S/C14H16F2N2O5.ClH/c1-2-5-18(8-13(20)21)7-12(19)17-9-3-4-10-11(6-9)23-14(15,16)22-10;/h3-4,6H,2,5,7-8H2,1H3,(H,17,19)(H,20,21);1H. The summed E-state index contributed by atoms with van der Waals surface area (Å²) >= 11 is 0.